The highest BCUT2D eigenvalue weighted by Crippen LogP contribution is 2.29. The minimum absolute atomic E-state index is 0.0285. The van der Waals surface area contributed by atoms with Gasteiger partial charge in [-0.3, -0.25) is 4.98 Å². The van der Waals surface area contributed by atoms with Crippen LogP contribution in [0.25, 0.3) is 0 Å². The van der Waals surface area contributed by atoms with Crippen molar-refractivity contribution in [2.75, 3.05) is 11.9 Å². The molecule has 2 aromatic heterocycles. The molecule has 1 aliphatic heterocycles. The second kappa shape index (κ2) is 6.29. The molecule has 3 rings (SSSR count). The van der Waals surface area contributed by atoms with Crippen LogP contribution in [-0.4, -0.2) is 27.6 Å². The van der Waals surface area contributed by atoms with E-state index in [0.29, 0.717) is 11.5 Å². The molecule has 0 aromatic carbocycles. The number of pyridine rings is 1. The number of nitrogens with zero attached hydrogens (tertiary/aromatic N) is 4. The summed E-state index contributed by atoms with van der Waals surface area (Å²) >= 11 is 0. The third-order valence-corrected chi connectivity index (χ3v) is 3.46. The Kier molecular flexibility index (Phi) is 4.03. The lowest BCUT2D eigenvalue weighted by Crippen LogP contribution is -2.34. The van der Waals surface area contributed by atoms with Crippen LogP contribution in [-0.2, 0) is 4.74 Å². The van der Waals surface area contributed by atoms with Crippen molar-refractivity contribution in [3.63, 3.8) is 0 Å². The molecule has 0 spiro atoms. The van der Waals surface area contributed by atoms with Crippen molar-refractivity contribution < 1.29 is 4.74 Å². The first-order valence-electron chi connectivity index (χ1n) is 6.87. The molecule has 1 saturated heterocycles. The molecule has 0 bridgehead atoms. The van der Waals surface area contributed by atoms with Gasteiger partial charge >= 0.3 is 0 Å². The van der Waals surface area contributed by atoms with Crippen molar-refractivity contribution in [2.45, 2.75) is 25.0 Å². The van der Waals surface area contributed by atoms with Gasteiger partial charge in [0.15, 0.2) is 5.69 Å². The number of anilines is 1. The van der Waals surface area contributed by atoms with Gasteiger partial charge in [0.1, 0.15) is 18.0 Å². The van der Waals surface area contributed by atoms with Crippen LogP contribution in [0.5, 0.6) is 0 Å². The molecule has 3 heterocycles. The number of aromatic nitrogens is 3. The summed E-state index contributed by atoms with van der Waals surface area (Å²) in [4.78, 5) is 12.3. The SMILES string of the molecule is N#Cc1cnc(N[C@H]2CCCO[C@@H]2c2ccncc2)cn1. The monoisotopic (exact) mass is 281 g/mol. The highest BCUT2D eigenvalue weighted by molar-refractivity contribution is 5.36. The Balaban J connectivity index is 1.76. The average molecular weight is 281 g/mol. The summed E-state index contributed by atoms with van der Waals surface area (Å²) in [6.07, 6.45) is 8.55. The topological polar surface area (TPSA) is 83.7 Å². The summed E-state index contributed by atoms with van der Waals surface area (Å²) in [6, 6.07) is 6.02. The van der Waals surface area contributed by atoms with Crippen LogP contribution in [0.1, 0.15) is 30.2 Å². The van der Waals surface area contributed by atoms with Gasteiger partial charge in [-0.05, 0) is 30.5 Å². The van der Waals surface area contributed by atoms with Crippen molar-refractivity contribution in [1.82, 2.24) is 15.0 Å². The highest BCUT2D eigenvalue weighted by atomic mass is 16.5. The number of nitriles is 1. The first-order valence-corrected chi connectivity index (χ1v) is 6.87. The number of rotatable bonds is 3. The minimum atomic E-state index is -0.0285. The van der Waals surface area contributed by atoms with E-state index in [0.717, 1.165) is 25.0 Å². The van der Waals surface area contributed by atoms with E-state index in [1.54, 1.807) is 18.6 Å². The Morgan fingerprint density at radius 2 is 2.10 bits per heavy atom. The maximum absolute atomic E-state index is 8.74. The van der Waals surface area contributed by atoms with Crippen molar-refractivity contribution in [1.29, 1.82) is 5.26 Å². The number of ether oxygens (including phenoxy) is 1. The van der Waals surface area contributed by atoms with E-state index in [9.17, 15) is 0 Å². The van der Waals surface area contributed by atoms with Gasteiger partial charge in [-0.15, -0.1) is 0 Å². The van der Waals surface area contributed by atoms with Crippen molar-refractivity contribution in [2.24, 2.45) is 0 Å². The molecule has 106 valence electrons. The van der Waals surface area contributed by atoms with E-state index < -0.39 is 0 Å². The lowest BCUT2D eigenvalue weighted by atomic mass is 9.97. The van der Waals surface area contributed by atoms with E-state index in [1.165, 1.54) is 6.20 Å². The summed E-state index contributed by atoms with van der Waals surface area (Å²) < 4.78 is 5.90. The molecule has 6 heteroatoms. The van der Waals surface area contributed by atoms with Gasteiger partial charge in [0.25, 0.3) is 0 Å². The zero-order valence-electron chi connectivity index (χ0n) is 11.4. The summed E-state index contributed by atoms with van der Waals surface area (Å²) in [5.74, 6) is 0.656. The normalized spacial score (nSPS) is 21.5. The zero-order chi connectivity index (χ0) is 14.5. The van der Waals surface area contributed by atoms with Crippen LogP contribution < -0.4 is 5.32 Å². The second-order valence-corrected chi connectivity index (χ2v) is 4.86. The van der Waals surface area contributed by atoms with Crippen molar-refractivity contribution in [3.05, 3.63) is 48.2 Å². The van der Waals surface area contributed by atoms with Gasteiger partial charge in [-0.1, -0.05) is 0 Å². The van der Waals surface area contributed by atoms with E-state index in [-0.39, 0.29) is 12.1 Å². The van der Waals surface area contributed by atoms with Crippen LogP contribution >= 0.6 is 0 Å². The molecule has 0 unspecified atom stereocenters. The maximum atomic E-state index is 8.74. The van der Waals surface area contributed by atoms with Crippen LogP contribution in [0.2, 0.25) is 0 Å². The number of nitrogens with one attached hydrogen (secondary N) is 1. The van der Waals surface area contributed by atoms with Crippen LogP contribution in [0, 0.1) is 11.3 Å². The lowest BCUT2D eigenvalue weighted by molar-refractivity contribution is 0.00550. The fraction of sp³-hybridized carbons (Fsp3) is 0.333. The number of hydrogen-bond acceptors (Lipinski definition) is 6. The molecule has 0 aliphatic carbocycles. The molecule has 2 aromatic rings. The van der Waals surface area contributed by atoms with Gasteiger partial charge in [0.05, 0.1) is 18.4 Å². The molecular weight excluding hydrogens is 266 g/mol. The Hall–Kier alpha value is -2.52. The summed E-state index contributed by atoms with van der Waals surface area (Å²) in [5.41, 5.74) is 1.41. The van der Waals surface area contributed by atoms with Gasteiger partial charge in [-0.25, -0.2) is 9.97 Å². The molecule has 0 radical (unpaired) electrons. The average Bonchev–Trinajstić information content (AvgIpc) is 2.57. The molecule has 21 heavy (non-hydrogen) atoms. The van der Waals surface area contributed by atoms with Crippen molar-refractivity contribution >= 4 is 5.82 Å². The quantitative estimate of drug-likeness (QED) is 0.927. The standard InChI is InChI=1S/C15H15N5O/c16-8-12-9-19-14(10-18-12)20-13-2-1-7-21-15(13)11-3-5-17-6-4-11/h3-6,9-10,13,15H,1-2,7H2,(H,19,20)/t13-,15+/m0/s1. The minimum Gasteiger partial charge on any atom is -0.371 e. The van der Waals surface area contributed by atoms with Crippen molar-refractivity contribution in [3.8, 4) is 6.07 Å². The van der Waals surface area contributed by atoms with Gasteiger partial charge in [0.2, 0.25) is 0 Å². The maximum Gasteiger partial charge on any atom is 0.158 e. The first kappa shape index (κ1) is 13.5. The molecule has 1 fully saturated rings. The highest BCUT2D eigenvalue weighted by Gasteiger charge is 2.27. The molecule has 1 aliphatic rings. The molecule has 0 saturated carbocycles. The Bertz CT molecular complexity index is 623. The fourth-order valence-electron chi connectivity index (χ4n) is 2.46. The second-order valence-electron chi connectivity index (χ2n) is 4.86. The molecule has 2 atom stereocenters. The van der Waals surface area contributed by atoms with Crippen LogP contribution in [0.3, 0.4) is 0 Å². The first-order chi connectivity index (χ1) is 10.4. The smallest absolute Gasteiger partial charge is 0.158 e. The predicted molar refractivity (Wildman–Crippen MR) is 76.3 cm³/mol. The van der Waals surface area contributed by atoms with E-state index in [1.807, 2.05) is 18.2 Å². The molecule has 0 amide bonds. The fourth-order valence-corrected chi connectivity index (χ4v) is 2.46. The van der Waals surface area contributed by atoms with Gasteiger partial charge in [0, 0.05) is 19.0 Å². The molecule has 6 nitrogen and oxygen atoms in total. The largest absolute Gasteiger partial charge is 0.371 e. The molecular formula is C15H15N5O. The zero-order valence-corrected chi connectivity index (χ0v) is 11.4. The Morgan fingerprint density at radius 1 is 1.24 bits per heavy atom. The number of hydrogen-bond donors (Lipinski definition) is 1. The van der Waals surface area contributed by atoms with E-state index in [2.05, 4.69) is 20.3 Å². The third-order valence-electron chi connectivity index (χ3n) is 3.46. The summed E-state index contributed by atoms with van der Waals surface area (Å²) in [7, 11) is 0. The van der Waals surface area contributed by atoms with Gasteiger partial charge < -0.3 is 10.1 Å². The van der Waals surface area contributed by atoms with Crippen LogP contribution in [0.15, 0.2) is 36.9 Å². The summed E-state index contributed by atoms with van der Waals surface area (Å²) in [6.45, 7) is 0.754. The molecule has 1 N–H and O–H groups in total. The van der Waals surface area contributed by atoms with Crippen LogP contribution in [0.4, 0.5) is 5.82 Å². The Morgan fingerprint density at radius 3 is 2.81 bits per heavy atom. The Labute approximate surface area is 122 Å². The lowest BCUT2D eigenvalue weighted by Gasteiger charge is -2.32. The predicted octanol–water partition coefficient (Wildman–Crippen LogP) is 2.08. The third kappa shape index (κ3) is 3.15. The van der Waals surface area contributed by atoms with E-state index in [4.69, 9.17) is 10.00 Å². The van der Waals surface area contributed by atoms with E-state index >= 15 is 0 Å². The van der Waals surface area contributed by atoms with Gasteiger partial charge in [-0.2, -0.15) is 5.26 Å². The summed E-state index contributed by atoms with van der Waals surface area (Å²) in [5, 5.41) is 12.1.